The molecule has 0 saturated carbocycles. The van der Waals surface area contributed by atoms with Crippen LogP contribution in [-0.4, -0.2) is 37.0 Å². The minimum atomic E-state index is -0.372. The smallest absolute Gasteiger partial charge is 0.307 e. The highest BCUT2D eigenvalue weighted by molar-refractivity contribution is 5.95. The van der Waals surface area contributed by atoms with Crippen LogP contribution >= 0.6 is 0 Å². The van der Waals surface area contributed by atoms with Crippen molar-refractivity contribution in [2.45, 2.75) is 20.3 Å². The first-order chi connectivity index (χ1) is 8.95. The number of benzene rings is 1. The Bertz CT molecular complexity index is 474. The molecule has 0 saturated heterocycles. The normalized spacial score (nSPS) is 10.1. The van der Waals surface area contributed by atoms with Gasteiger partial charge in [-0.25, -0.2) is 4.39 Å². The topological polar surface area (TPSA) is 46.6 Å². The van der Waals surface area contributed by atoms with Gasteiger partial charge < -0.3 is 9.64 Å². The van der Waals surface area contributed by atoms with Gasteiger partial charge in [0.05, 0.1) is 13.0 Å². The summed E-state index contributed by atoms with van der Waals surface area (Å²) in [5.41, 5.74) is 1.01. The fraction of sp³-hybridized carbons (Fsp3) is 0.429. The fourth-order valence-corrected chi connectivity index (χ4v) is 1.67. The van der Waals surface area contributed by atoms with Crippen LogP contribution in [0.4, 0.5) is 4.39 Å². The van der Waals surface area contributed by atoms with Crippen molar-refractivity contribution in [2.75, 3.05) is 20.2 Å². The summed E-state index contributed by atoms with van der Waals surface area (Å²) in [6.45, 7) is 4.01. The maximum Gasteiger partial charge on any atom is 0.307 e. The third-order valence-electron chi connectivity index (χ3n) is 2.72. The van der Waals surface area contributed by atoms with E-state index < -0.39 is 0 Å². The lowest BCUT2D eigenvalue weighted by molar-refractivity contribution is -0.143. The summed E-state index contributed by atoms with van der Waals surface area (Å²) >= 11 is 0. The van der Waals surface area contributed by atoms with Gasteiger partial charge in [0, 0.05) is 19.2 Å². The molecule has 1 rings (SSSR count). The number of carbonyl (C=O) groups excluding carboxylic acids is 2. The van der Waals surface area contributed by atoms with Gasteiger partial charge in [-0.2, -0.15) is 0 Å². The second-order valence-corrected chi connectivity index (χ2v) is 4.24. The second-order valence-electron chi connectivity index (χ2n) is 4.24. The number of esters is 1. The Balaban J connectivity index is 2.64. The van der Waals surface area contributed by atoms with E-state index in [9.17, 15) is 14.0 Å². The number of rotatable bonds is 5. The van der Waals surface area contributed by atoms with Crippen LogP contribution < -0.4 is 0 Å². The lowest BCUT2D eigenvalue weighted by Gasteiger charge is -2.17. The molecule has 1 amide bonds. The maximum atomic E-state index is 13.0. The molecule has 1 aromatic carbocycles. The predicted molar refractivity (Wildman–Crippen MR) is 69.3 cm³/mol. The van der Waals surface area contributed by atoms with Gasteiger partial charge in [-0.05, 0) is 37.6 Å². The van der Waals surface area contributed by atoms with E-state index in [1.54, 1.807) is 20.9 Å². The number of hydrogen-bond donors (Lipinski definition) is 0. The largest absolute Gasteiger partial charge is 0.466 e. The zero-order chi connectivity index (χ0) is 14.4. The lowest BCUT2D eigenvalue weighted by atomic mass is 10.1. The number of carbonyl (C=O) groups is 2. The van der Waals surface area contributed by atoms with Crippen LogP contribution in [0.5, 0.6) is 0 Å². The highest BCUT2D eigenvalue weighted by atomic mass is 19.1. The van der Waals surface area contributed by atoms with E-state index >= 15 is 0 Å². The van der Waals surface area contributed by atoms with E-state index in [0.29, 0.717) is 17.7 Å². The van der Waals surface area contributed by atoms with E-state index in [1.807, 2.05) is 0 Å². The van der Waals surface area contributed by atoms with Crippen molar-refractivity contribution in [3.63, 3.8) is 0 Å². The first-order valence-electron chi connectivity index (χ1n) is 6.13. The first kappa shape index (κ1) is 15.1. The Labute approximate surface area is 112 Å². The van der Waals surface area contributed by atoms with Crippen molar-refractivity contribution in [3.8, 4) is 0 Å². The van der Waals surface area contributed by atoms with Crippen molar-refractivity contribution in [1.82, 2.24) is 4.90 Å². The molecule has 19 heavy (non-hydrogen) atoms. The summed E-state index contributed by atoms with van der Waals surface area (Å²) in [5.74, 6) is -0.942. The quantitative estimate of drug-likeness (QED) is 0.768. The molecule has 0 heterocycles. The first-order valence-corrected chi connectivity index (χ1v) is 6.13. The summed E-state index contributed by atoms with van der Waals surface area (Å²) in [6, 6.07) is 4.01. The number of aryl methyl sites for hydroxylation is 1. The van der Waals surface area contributed by atoms with Gasteiger partial charge in [-0.3, -0.25) is 9.59 Å². The molecule has 1 aromatic rings. The monoisotopic (exact) mass is 267 g/mol. The van der Waals surface area contributed by atoms with E-state index in [0.717, 1.165) is 0 Å². The molecule has 0 fully saturated rings. The van der Waals surface area contributed by atoms with Gasteiger partial charge >= 0.3 is 5.97 Å². The van der Waals surface area contributed by atoms with E-state index in [-0.39, 0.29) is 30.7 Å². The Hall–Kier alpha value is -1.91. The van der Waals surface area contributed by atoms with Crippen molar-refractivity contribution in [1.29, 1.82) is 0 Å². The zero-order valence-corrected chi connectivity index (χ0v) is 11.4. The molecule has 0 aliphatic carbocycles. The Kier molecular flexibility index (Phi) is 5.48. The summed E-state index contributed by atoms with van der Waals surface area (Å²) in [5, 5.41) is 0. The molecule has 0 N–H and O–H groups in total. The lowest BCUT2D eigenvalue weighted by Crippen LogP contribution is -2.30. The minimum absolute atomic E-state index is 0.149. The van der Waals surface area contributed by atoms with Gasteiger partial charge in [-0.1, -0.05) is 0 Å². The van der Waals surface area contributed by atoms with Gasteiger partial charge in [0.15, 0.2) is 0 Å². The average Bonchev–Trinajstić information content (AvgIpc) is 2.35. The summed E-state index contributed by atoms with van der Waals surface area (Å²) in [4.78, 5) is 24.7. The number of nitrogens with zero attached hydrogens (tertiary/aromatic N) is 1. The number of amides is 1. The molecule has 5 heteroatoms. The van der Waals surface area contributed by atoms with Gasteiger partial charge in [0.2, 0.25) is 0 Å². The molecule has 0 unspecified atom stereocenters. The minimum Gasteiger partial charge on any atom is -0.466 e. The molecule has 0 aliphatic rings. The molecule has 0 radical (unpaired) electrons. The Morgan fingerprint density at radius 3 is 2.63 bits per heavy atom. The van der Waals surface area contributed by atoms with Crippen LogP contribution in [-0.2, 0) is 9.53 Å². The van der Waals surface area contributed by atoms with Crippen LogP contribution in [0.3, 0.4) is 0 Å². The van der Waals surface area contributed by atoms with Gasteiger partial charge in [0.25, 0.3) is 5.91 Å². The zero-order valence-electron chi connectivity index (χ0n) is 11.4. The van der Waals surface area contributed by atoms with Crippen LogP contribution in [0.25, 0.3) is 0 Å². The van der Waals surface area contributed by atoms with Crippen LogP contribution in [0, 0.1) is 12.7 Å². The Morgan fingerprint density at radius 2 is 2.05 bits per heavy atom. The van der Waals surface area contributed by atoms with Crippen LogP contribution in [0.1, 0.15) is 29.3 Å². The number of hydrogen-bond acceptors (Lipinski definition) is 3. The molecule has 0 aromatic heterocycles. The van der Waals surface area contributed by atoms with Crippen molar-refractivity contribution < 1.29 is 18.7 Å². The SMILES string of the molecule is CCOC(=O)CCN(C)C(=O)c1ccc(F)cc1C. The molecule has 0 bridgehead atoms. The Morgan fingerprint density at radius 1 is 1.37 bits per heavy atom. The molecular weight excluding hydrogens is 249 g/mol. The number of ether oxygens (including phenoxy) is 1. The molecule has 4 nitrogen and oxygen atoms in total. The average molecular weight is 267 g/mol. The van der Waals surface area contributed by atoms with Crippen molar-refractivity contribution in [3.05, 3.63) is 35.1 Å². The third kappa shape index (κ3) is 4.35. The third-order valence-corrected chi connectivity index (χ3v) is 2.72. The summed E-state index contributed by atoms with van der Waals surface area (Å²) in [7, 11) is 1.60. The summed E-state index contributed by atoms with van der Waals surface area (Å²) < 4.78 is 17.8. The molecule has 104 valence electrons. The highest BCUT2D eigenvalue weighted by Crippen LogP contribution is 2.12. The van der Waals surface area contributed by atoms with Crippen LogP contribution in [0.15, 0.2) is 18.2 Å². The van der Waals surface area contributed by atoms with Crippen molar-refractivity contribution >= 4 is 11.9 Å². The van der Waals surface area contributed by atoms with Gasteiger partial charge in [-0.15, -0.1) is 0 Å². The van der Waals surface area contributed by atoms with Crippen molar-refractivity contribution in [2.24, 2.45) is 0 Å². The molecule has 0 spiro atoms. The highest BCUT2D eigenvalue weighted by Gasteiger charge is 2.15. The molecule has 0 aliphatic heterocycles. The van der Waals surface area contributed by atoms with E-state index in [2.05, 4.69) is 0 Å². The molecular formula is C14H18FNO3. The summed E-state index contributed by atoms with van der Waals surface area (Å²) in [6.07, 6.45) is 0.149. The molecule has 0 atom stereocenters. The fourth-order valence-electron chi connectivity index (χ4n) is 1.67. The maximum absolute atomic E-state index is 13.0. The van der Waals surface area contributed by atoms with Crippen LogP contribution in [0.2, 0.25) is 0 Å². The number of halogens is 1. The standard InChI is InChI=1S/C14H18FNO3/c1-4-19-13(17)7-8-16(3)14(18)12-6-5-11(15)9-10(12)2/h5-6,9H,4,7-8H2,1-3H3. The van der Waals surface area contributed by atoms with E-state index in [1.165, 1.54) is 23.1 Å². The second kappa shape index (κ2) is 6.87. The van der Waals surface area contributed by atoms with Gasteiger partial charge in [0.1, 0.15) is 5.82 Å². The van der Waals surface area contributed by atoms with E-state index in [4.69, 9.17) is 4.74 Å². The predicted octanol–water partition coefficient (Wildman–Crippen LogP) is 2.16.